The first-order chi connectivity index (χ1) is 65.2. The van der Waals surface area contributed by atoms with Gasteiger partial charge < -0.3 is 75.0 Å². The van der Waals surface area contributed by atoms with E-state index < -0.39 is 72.2 Å². The fourth-order valence-corrected chi connectivity index (χ4v) is 23.5. The molecule has 0 aromatic heterocycles. The molecule has 1 N–H and O–H groups in total. The van der Waals surface area contributed by atoms with Crippen LogP contribution < -0.4 is 51.3 Å². The monoisotopic (exact) mass is 2150 g/mol. The Morgan fingerprint density at radius 1 is 0.399 bits per heavy atom. The van der Waals surface area contributed by atoms with Crippen molar-refractivity contribution in [1.82, 2.24) is 0 Å². The maximum Gasteiger partial charge on any atom is 1.00 e. The summed E-state index contributed by atoms with van der Waals surface area (Å²) in [6, 6.07) is 82.3. The molecule has 10 aromatic carbocycles. The van der Waals surface area contributed by atoms with E-state index in [2.05, 4.69) is 330 Å². The molecule has 0 saturated carbocycles. The molecule has 0 amide bonds. The number of benzene rings is 10. The topological polar surface area (TPSA) is 208 Å². The van der Waals surface area contributed by atoms with Gasteiger partial charge in [0.25, 0.3) is 0 Å². The van der Waals surface area contributed by atoms with Gasteiger partial charge in [0.05, 0.1) is 92.0 Å². The summed E-state index contributed by atoms with van der Waals surface area (Å²) in [5.74, 6) is -1.78. The summed E-state index contributed by atoms with van der Waals surface area (Å²) in [4.78, 5) is 9.92. The van der Waals surface area contributed by atoms with Crippen LogP contribution >= 0.6 is 0 Å². The molecule has 9 atom stereocenters. The van der Waals surface area contributed by atoms with Crippen molar-refractivity contribution in [3.8, 4) is 5.75 Å². The Morgan fingerprint density at radius 2 is 0.636 bits per heavy atom. The molecule has 16 nitrogen and oxygen atoms in total. The molecule has 4 heterocycles. The SMILES string of the molecule is C1CCOC1.CC(C)C1OC(C)(c2ccc([S+](c3ccc(F)cc3)c3ccc(C(C)(C)C)cc3)cc2)OCC1(C)C.CC(C)C1OC(C)(c2ccc([S+](c3ccc(F)cc3)c3ccc(C(C)(C)C)cc3)cc2)OCC1(C)C.CC(C)C1OC(C)(c2ccc([S+](c3ccc(OCC(F)(F)S(=O)(=O)[O-])cc3)c3ccc(C(C)(C)C)cc3)cc2)OCC1(C)C.C[N+](C)(C)Cc1ccccc1.O=S(=O)([O-])C(F)(F)CO.[Br-].[H-].[Na+]. The van der Waals surface area contributed by atoms with Gasteiger partial charge >= 0.3 is 40.1 Å². The predicted octanol–water partition coefficient (Wildman–Crippen LogP) is 20.8. The van der Waals surface area contributed by atoms with Crippen molar-refractivity contribution in [2.75, 3.05) is 67.4 Å². The molecule has 4 fully saturated rings. The van der Waals surface area contributed by atoms with Crippen molar-refractivity contribution < 1.29 is 148 Å². The number of aliphatic hydroxyl groups excluding tert-OH is 1. The van der Waals surface area contributed by atoms with Crippen LogP contribution in [-0.4, -0.2) is 132 Å². The summed E-state index contributed by atoms with van der Waals surface area (Å²) in [7, 11) is -6.21. The second kappa shape index (κ2) is 50.5. The minimum Gasteiger partial charge on any atom is -1.00 e. The van der Waals surface area contributed by atoms with Crippen LogP contribution in [0.5, 0.6) is 5.75 Å². The Balaban J connectivity index is 0.000000292. The average molecular weight is 2150 g/mol. The largest absolute Gasteiger partial charge is 1.00 e. The summed E-state index contributed by atoms with van der Waals surface area (Å²) in [6.45, 7) is 53.5. The van der Waals surface area contributed by atoms with Crippen LogP contribution in [0.3, 0.4) is 0 Å². The molecule has 780 valence electrons. The van der Waals surface area contributed by atoms with E-state index in [0.29, 0.717) is 37.6 Å². The third-order valence-corrected chi connectivity index (χ3v) is 33.3. The van der Waals surface area contributed by atoms with Gasteiger partial charge in [-0.1, -0.05) is 212 Å². The van der Waals surface area contributed by atoms with Gasteiger partial charge in [-0.15, -0.1) is 0 Å². The number of quaternary nitrogens is 1. The third-order valence-electron chi connectivity index (χ3n) is 24.9. The van der Waals surface area contributed by atoms with Gasteiger partial charge in [-0.25, -0.2) is 25.6 Å². The van der Waals surface area contributed by atoms with Gasteiger partial charge in [0.1, 0.15) is 30.5 Å². The molecule has 0 radical (unpaired) electrons. The van der Waals surface area contributed by atoms with E-state index in [1.165, 1.54) is 66.8 Å². The van der Waals surface area contributed by atoms with E-state index >= 15 is 0 Å². The van der Waals surface area contributed by atoms with E-state index in [1.807, 2.05) is 57.2 Å². The van der Waals surface area contributed by atoms with E-state index in [-0.39, 0.29) is 138 Å². The minimum absolute atomic E-state index is 0. The number of hydrogen-bond donors (Lipinski definition) is 1. The van der Waals surface area contributed by atoms with Crippen LogP contribution in [0.15, 0.2) is 293 Å². The number of ether oxygens (including phenoxy) is 8. The fourth-order valence-electron chi connectivity index (χ4n) is 17.0. The second-order valence-corrected chi connectivity index (χ2v) is 53.2. The van der Waals surface area contributed by atoms with Gasteiger partial charge in [-0.2, -0.15) is 17.6 Å². The first kappa shape index (κ1) is 123. The fraction of sp³-hybridized carbons (Fsp3) is 0.474. The Kier molecular flexibility index (Phi) is 43.6. The molecular formula is C114H150BrF6NNaO15S5+. The predicted molar refractivity (Wildman–Crippen MR) is 552 cm³/mol. The molecule has 14 rings (SSSR count). The van der Waals surface area contributed by atoms with E-state index in [1.54, 1.807) is 36.4 Å². The first-order valence-electron chi connectivity index (χ1n) is 48.0. The minimum atomic E-state index is -5.83. The van der Waals surface area contributed by atoms with E-state index in [0.717, 1.165) is 65.4 Å². The zero-order valence-corrected chi connectivity index (χ0v) is 96.2. The number of nitrogens with zero attached hydrogens (tertiary/aromatic N) is 1. The van der Waals surface area contributed by atoms with Crippen molar-refractivity contribution in [2.24, 2.45) is 34.0 Å². The smallest absolute Gasteiger partial charge is 1.00 e. The van der Waals surface area contributed by atoms with Gasteiger partial charge in [-0.3, -0.25) is 0 Å². The summed E-state index contributed by atoms with van der Waals surface area (Å²) in [5.41, 5.74) is 8.09. The standard InChI is InChI=1S/C34H42F2O6S2.2C32H40FO2S.C10H16N.C4H8O.C2H4F2O4S.BrH.Na.H/c1-23(2)30-32(6,7)21-41-33(8,42-30)25-11-17-28(18-12-25)43(27-15-9-24(10-16-27)31(3,4)5)29-19-13-26(14-20-29)40-22-34(35,36)44(37,38)39;2*1-22(2)29-31(6,7)21-34-32(8,35-29)24-11-17-27(18-12-24)36(28-19-13-25(33)14-20-28)26-15-9-23(10-16-26)30(3,4)5;1-11(2,3)9-10-7-5-4-6-8-10;1-2-4-5-3-1;3-2(4,1-5)9(6,7)8;;;/h9-20,23,30H,21-22H2,1-8H3;2*9-20,22,29H,21H2,1-8H3;4-8H,9H2,1-3H3;1-4H2;5H,1H2,(H,6,7,8);1H;;/q;3*+1;;;;+1;-1/p-2. The quantitative estimate of drug-likeness (QED) is 0.0208. The van der Waals surface area contributed by atoms with Gasteiger partial charge in [-0.05, 0) is 266 Å². The van der Waals surface area contributed by atoms with Crippen LogP contribution in [0.25, 0.3) is 0 Å². The molecule has 4 aliphatic heterocycles. The Labute approximate surface area is 891 Å². The van der Waals surface area contributed by atoms with Gasteiger partial charge in [0, 0.05) is 51.7 Å². The number of halogens is 7. The third kappa shape index (κ3) is 34.0. The normalized spacial score (nSPS) is 20.8. The maximum atomic E-state index is 13.8. The second-order valence-electron chi connectivity index (χ2n) is 44.1. The molecule has 29 heteroatoms. The Bertz CT molecular complexity index is 5660. The summed E-state index contributed by atoms with van der Waals surface area (Å²) < 4.78 is 188. The summed E-state index contributed by atoms with van der Waals surface area (Å²) in [6.07, 6.45) is 2.78. The maximum absolute atomic E-state index is 13.8. The zero-order valence-electron chi connectivity index (χ0n) is 89.5. The molecule has 9 unspecified atom stereocenters. The van der Waals surface area contributed by atoms with Gasteiger partial charge in [0.15, 0.2) is 88.3 Å². The molecule has 10 aromatic rings. The Hall–Kier alpha value is -6.43. The van der Waals surface area contributed by atoms with Crippen LogP contribution in [0.1, 0.15) is 219 Å². The van der Waals surface area contributed by atoms with E-state index in [4.69, 9.17) is 43.0 Å². The number of alkyl halides is 4. The molecule has 143 heavy (non-hydrogen) atoms. The van der Waals surface area contributed by atoms with Crippen molar-refractivity contribution in [1.29, 1.82) is 0 Å². The van der Waals surface area contributed by atoms with Crippen LogP contribution in [0, 0.1) is 45.6 Å². The summed E-state index contributed by atoms with van der Waals surface area (Å²) in [5, 5.41) is -1.48. The van der Waals surface area contributed by atoms with Crippen molar-refractivity contribution in [3.05, 3.63) is 299 Å². The first-order valence-corrected chi connectivity index (χ1v) is 54.5. The molecule has 4 aliphatic rings. The number of rotatable bonds is 23. The molecule has 0 bridgehead atoms. The van der Waals surface area contributed by atoms with Crippen LogP contribution in [0.4, 0.5) is 26.3 Å². The van der Waals surface area contributed by atoms with Crippen LogP contribution in [-0.2, 0) is 126 Å². The summed E-state index contributed by atoms with van der Waals surface area (Å²) >= 11 is 0. The molecule has 0 spiro atoms. The number of hydrogen-bond acceptors (Lipinski definition) is 15. The zero-order chi connectivity index (χ0) is 105. The molecule has 0 aliphatic carbocycles. The molecule has 4 saturated heterocycles. The van der Waals surface area contributed by atoms with Gasteiger partial charge in [0.2, 0.25) is 0 Å². The molecular weight excluding hydrogens is 2000 g/mol. The Morgan fingerprint density at radius 3 is 0.839 bits per heavy atom. The van der Waals surface area contributed by atoms with Crippen molar-refractivity contribution in [2.45, 2.75) is 292 Å². The average Bonchev–Trinajstić information content (AvgIpc) is 0.790. The van der Waals surface area contributed by atoms with Crippen LogP contribution in [0.2, 0.25) is 0 Å². The van der Waals surface area contributed by atoms with E-state index in [9.17, 15) is 52.3 Å². The van der Waals surface area contributed by atoms with Crippen molar-refractivity contribution >= 4 is 52.9 Å². The number of aliphatic hydroxyl groups is 1. The van der Waals surface area contributed by atoms with Crippen molar-refractivity contribution in [3.63, 3.8) is 0 Å².